The molecule has 3 heteroatoms. The van der Waals surface area contributed by atoms with Crippen LogP contribution in [0.25, 0.3) is 0 Å². The quantitative estimate of drug-likeness (QED) is 0.323. The smallest absolute Gasteiger partial charge is 0.167 e. The minimum atomic E-state index is 0.345. The number of alkyl halides is 1. The van der Waals surface area contributed by atoms with Gasteiger partial charge in [0.1, 0.15) is 13.1 Å². The first-order valence-electron chi connectivity index (χ1n) is 4.25. The molecule has 0 rings (SSSR count). The van der Waals surface area contributed by atoms with Gasteiger partial charge in [0.25, 0.3) is 0 Å². The Morgan fingerprint density at radius 3 is 2.00 bits per heavy atom. The highest BCUT2D eigenvalue weighted by Gasteiger charge is 2.21. The molecule has 0 aliphatic rings. The highest BCUT2D eigenvalue weighted by molar-refractivity contribution is 14.1. The summed E-state index contributed by atoms with van der Waals surface area (Å²) in [7, 11) is 2.13. The van der Waals surface area contributed by atoms with Crippen molar-refractivity contribution in [3.8, 4) is 0 Å². The standard InChI is InChI=1S/C8H19INO/c1-5-8(9)11-10(4,6-2)7-3/h8H,5-7H2,1-4H3/q+1. The number of hydroxylamine groups is 3. The molecule has 68 valence electrons. The van der Waals surface area contributed by atoms with Crippen molar-refractivity contribution >= 4 is 22.6 Å². The highest BCUT2D eigenvalue weighted by atomic mass is 127. The molecule has 1 atom stereocenters. The largest absolute Gasteiger partial charge is 0.189 e. The third-order valence-corrected chi connectivity index (χ3v) is 3.14. The number of halogens is 1. The van der Waals surface area contributed by atoms with Crippen molar-refractivity contribution in [1.29, 1.82) is 0 Å². The van der Waals surface area contributed by atoms with Crippen LogP contribution in [0.1, 0.15) is 27.2 Å². The van der Waals surface area contributed by atoms with Crippen molar-refractivity contribution in [2.24, 2.45) is 0 Å². The Hall–Kier alpha value is 0.650. The van der Waals surface area contributed by atoms with Gasteiger partial charge >= 0.3 is 0 Å². The van der Waals surface area contributed by atoms with E-state index < -0.39 is 0 Å². The molecule has 2 nitrogen and oxygen atoms in total. The number of rotatable bonds is 5. The fourth-order valence-corrected chi connectivity index (χ4v) is 1.27. The van der Waals surface area contributed by atoms with Crippen molar-refractivity contribution in [3.05, 3.63) is 0 Å². The van der Waals surface area contributed by atoms with Gasteiger partial charge in [-0.3, -0.25) is 0 Å². The lowest BCUT2D eigenvalue weighted by atomic mass is 10.5. The third-order valence-electron chi connectivity index (χ3n) is 2.03. The van der Waals surface area contributed by atoms with E-state index in [1.165, 1.54) is 0 Å². The van der Waals surface area contributed by atoms with E-state index in [9.17, 15) is 0 Å². The summed E-state index contributed by atoms with van der Waals surface area (Å²) in [5.74, 6) is 0. The Morgan fingerprint density at radius 1 is 1.27 bits per heavy atom. The van der Waals surface area contributed by atoms with Gasteiger partial charge in [-0.2, -0.15) is 9.48 Å². The minimum Gasteiger partial charge on any atom is -0.189 e. The summed E-state index contributed by atoms with van der Waals surface area (Å²) in [6.45, 7) is 8.53. The summed E-state index contributed by atoms with van der Waals surface area (Å²) in [5.41, 5.74) is 0. The molecule has 0 spiro atoms. The summed E-state index contributed by atoms with van der Waals surface area (Å²) in [5, 5.41) is 0. The molecule has 0 N–H and O–H groups in total. The van der Waals surface area contributed by atoms with Crippen LogP contribution in [0.5, 0.6) is 0 Å². The Kier molecular flexibility index (Phi) is 5.64. The van der Waals surface area contributed by atoms with Gasteiger partial charge in [-0.25, -0.2) is 0 Å². The lowest BCUT2D eigenvalue weighted by Crippen LogP contribution is -2.45. The number of quaternary nitrogens is 1. The molecule has 0 radical (unpaired) electrons. The third kappa shape index (κ3) is 4.28. The van der Waals surface area contributed by atoms with Gasteiger partial charge in [0.15, 0.2) is 4.11 Å². The maximum atomic E-state index is 5.81. The summed E-state index contributed by atoms with van der Waals surface area (Å²) >= 11 is 2.34. The van der Waals surface area contributed by atoms with Crippen LogP contribution in [0.2, 0.25) is 0 Å². The molecule has 0 saturated heterocycles. The lowest BCUT2D eigenvalue weighted by Gasteiger charge is -2.30. The molecule has 1 unspecified atom stereocenters. The first-order chi connectivity index (χ1) is 5.08. The zero-order chi connectivity index (χ0) is 8.91. The monoisotopic (exact) mass is 272 g/mol. The second-order valence-corrected chi connectivity index (χ2v) is 4.24. The van der Waals surface area contributed by atoms with Crippen molar-refractivity contribution in [2.45, 2.75) is 31.3 Å². The Balaban J connectivity index is 3.86. The van der Waals surface area contributed by atoms with Crippen molar-refractivity contribution in [2.75, 3.05) is 20.1 Å². The predicted octanol–water partition coefficient (Wildman–Crippen LogP) is 2.58. The summed E-state index contributed by atoms with van der Waals surface area (Å²) in [6.07, 6.45) is 1.08. The van der Waals surface area contributed by atoms with Crippen LogP contribution in [0.4, 0.5) is 0 Å². The molecule has 0 saturated carbocycles. The zero-order valence-electron chi connectivity index (χ0n) is 7.93. The van der Waals surface area contributed by atoms with E-state index in [0.717, 1.165) is 24.2 Å². The van der Waals surface area contributed by atoms with E-state index in [0.29, 0.717) is 4.11 Å². The SMILES string of the molecule is CCC(I)O[N+](C)(CC)CC. The number of hydrogen-bond acceptors (Lipinski definition) is 1. The number of nitrogens with zero attached hydrogens (tertiary/aromatic N) is 1. The van der Waals surface area contributed by atoms with E-state index in [2.05, 4.69) is 50.4 Å². The first kappa shape index (κ1) is 11.6. The zero-order valence-corrected chi connectivity index (χ0v) is 10.1. The molecule has 11 heavy (non-hydrogen) atoms. The molecule has 0 aromatic heterocycles. The summed E-state index contributed by atoms with van der Waals surface area (Å²) < 4.78 is 1.07. The molecule has 0 bridgehead atoms. The minimum absolute atomic E-state index is 0.345. The van der Waals surface area contributed by atoms with Crippen LogP contribution < -0.4 is 0 Å². The Labute approximate surface area is 83.6 Å². The molecular weight excluding hydrogens is 253 g/mol. The molecule has 0 aromatic carbocycles. The summed E-state index contributed by atoms with van der Waals surface area (Å²) in [6, 6.07) is 0. The van der Waals surface area contributed by atoms with Gasteiger partial charge in [0, 0.05) is 0 Å². The first-order valence-corrected chi connectivity index (χ1v) is 5.49. The number of hydrogen-bond donors (Lipinski definition) is 0. The van der Waals surface area contributed by atoms with E-state index >= 15 is 0 Å². The maximum Gasteiger partial charge on any atom is 0.167 e. The molecule has 0 aromatic rings. The lowest BCUT2D eigenvalue weighted by molar-refractivity contribution is -1.09. The summed E-state index contributed by atoms with van der Waals surface area (Å²) in [4.78, 5) is 5.81. The molecule has 0 aliphatic carbocycles. The van der Waals surface area contributed by atoms with E-state index in [-0.39, 0.29) is 0 Å². The van der Waals surface area contributed by atoms with Gasteiger partial charge in [0.05, 0.1) is 7.05 Å². The highest BCUT2D eigenvalue weighted by Crippen LogP contribution is 2.14. The topological polar surface area (TPSA) is 9.23 Å². The van der Waals surface area contributed by atoms with Gasteiger partial charge in [-0.1, -0.05) is 6.92 Å². The van der Waals surface area contributed by atoms with Crippen LogP contribution in [-0.4, -0.2) is 28.9 Å². The van der Waals surface area contributed by atoms with Crippen LogP contribution in [-0.2, 0) is 4.84 Å². The Bertz CT molecular complexity index is 104. The predicted molar refractivity (Wildman–Crippen MR) is 56.5 cm³/mol. The maximum absolute atomic E-state index is 5.81. The van der Waals surface area contributed by atoms with Gasteiger partial charge < -0.3 is 0 Å². The second-order valence-electron chi connectivity index (χ2n) is 2.85. The van der Waals surface area contributed by atoms with Crippen LogP contribution in [0.15, 0.2) is 0 Å². The van der Waals surface area contributed by atoms with Gasteiger partial charge in [0.2, 0.25) is 0 Å². The second kappa shape index (κ2) is 5.32. The fourth-order valence-electron chi connectivity index (χ4n) is 0.723. The average Bonchev–Trinajstić information content (AvgIpc) is 2.04. The fraction of sp³-hybridized carbons (Fsp3) is 1.00. The van der Waals surface area contributed by atoms with Gasteiger partial charge in [-0.05, 0) is 42.9 Å². The molecule has 0 fully saturated rings. The Morgan fingerprint density at radius 2 is 1.73 bits per heavy atom. The van der Waals surface area contributed by atoms with Crippen molar-refractivity contribution < 1.29 is 9.48 Å². The molecule has 0 amide bonds. The molecule has 0 aliphatic heterocycles. The molecule has 0 heterocycles. The van der Waals surface area contributed by atoms with Crippen molar-refractivity contribution in [3.63, 3.8) is 0 Å². The average molecular weight is 272 g/mol. The van der Waals surface area contributed by atoms with Crippen LogP contribution in [0.3, 0.4) is 0 Å². The van der Waals surface area contributed by atoms with Crippen LogP contribution >= 0.6 is 22.6 Å². The van der Waals surface area contributed by atoms with E-state index in [1.807, 2.05) is 0 Å². The van der Waals surface area contributed by atoms with Crippen LogP contribution in [0, 0.1) is 0 Å². The van der Waals surface area contributed by atoms with E-state index in [4.69, 9.17) is 4.84 Å². The van der Waals surface area contributed by atoms with E-state index in [1.54, 1.807) is 0 Å². The van der Waals surface area contributed by atoms with Crippen molar-refractivity contribution in [1.82, 2.24) is 0 Å². The van der Waals surface area contributed by atoms with Gasteiger partial charge in [-0.15, -0.1) is 0 Å². The normalized spacial score (nSPS) is 15.0. The molecular formula is C8H19INO+.